The van der Waals surface area contributed by atoms with Crippen LogP contribution >= 0.6 is 0 Å². The Hall–Kier alpha value is 0.362. The summed E-state index contributed by atoms with van der Waals surface area (Å²) in [6.07, 6.45) is 0. The molecule has 3 N–H and O–H groups in total. The van der Waals surface area contributed by atoms with Gasteiger partial charge in [-0.15, -0.1) is 0 Å². The Balaban J connectivity index is 0. The quantitative estimate of drug-likeness (QED) is 0.393. The first-order valence-electron chi connectivity index (χ1n) is 0.881. The molecule has 45 valence electrons. The van der Waals surface area contributed by atoms with Gasteiger partial charge in [0, 0.05) is 0 Å². The molecule has 0 bridgehead atoms. The van der Waals surface area contributed by atoms with Gasteiger partial charge in [0.25, 0.3) is 0 Å². The predicted octanol–water partition coefficient (Wildman–Crippen LogP) is -1.21. The monoisotopic (exact) mass is 167 g/mol. The average Bonchev–Trinajstić information content (AvgIpc) is 1.36. The third-order valence-corrected chi connectivity index (χ3v) is 0. The van der Waals surface area contributed by atoms with Crippen molar-refractivity contribution in [2.45, 2.75) is 0 Å². The van der Waals surface area contributed by atoms with Gasteiger partial charge in [0.1, 0.15) is 0 Å². The van der Waals surface area contributed by atoms with Crippen LogP contribution in [-0.2, 0) is 27.0 Å². The number of hydrogen-bond acceptors (Lipinski definition) is 3. The second-order valence-corrected chi connectivity index (χ2v) is 1.34. The predicted molar refractivity (Wildman–Crippen MR) is 16.4 cm³/mol. The van der Waals surface area contributed by atoms with Crippen molar-refractivity contribution in [3.8, 4) is 0 Å². The summed E-state index contributed by atoms with van der Waals surface area (Å²) in [4.78, 5) is 0. The van der Waals surface area contributed by atoms with E-state index in [1.807, 2.05) is 0 Å². The topological polar surface area (TPSA) is 94.8 Å². The summed E-state index contributed by atoms with van der Waals surface area (Å²) in [5.74, 6) is 0. The van der Waals surface area contributed by atoms with E-state index in [1.54, 1.807) is 16.6 Å². The van der Waals surface area contributed by atoms with Gasteiger partial charge >= 0.3 is 31.2 Å². The molecule has 0 aromatic heterocycles. The van der Waals surface area contributed by atoms with Gasteiger partial charge in [0.05, 0.1) is 0 Å². The van der Waals surface area contributed by atoms with Crippen LogP contribution in [-0.4, -0.2) is 21.7 Å². The van der Waals surface area contributed by atoms with Crippen LogP contribution in [0.1, 0.15) is 0 Å². The molecule has 0 atom stereocenters. The van der Waals surface area contributed by atoms with E-state index in [0.717, 1.165) is 0 Å². The minimum absolute atomic E-state index is 1.62. The Labute approximate surface area is 49.3 Å². The summed E-state index contributed by atoms with van der Waals surface area (Å²) >= 11 is 1.62. The van der Waals surface area contributed by atoms with Crippen LogP contribution in [0.2, 0.25) is 0 Å². The van der Waals surface area contributed by atoms with Gasteiger partial charge in [-0.2, -0.15) is 8.42 Å². The van der Waals surface area contributed by atoms with Crippen molar-refractivity contribution >= 4 is 10.4 Å². The summed E-state index contributed by atoms with van der Waals surface area (Å²) in [5.41, 5.74) is 0. The number of hydrogen-bond donors (Lipinski definition) is 3. The van der Waals surface area contributed by atoms with Crippen molar-refractivity contribution < 1.29 is 38.3 Å². The fourth-order valence-electron chi connectivity index (χ4n) is 0. The molecule has 0 aromatic rings. The van der Waals surface area contributed by atoms with E-state index in [9.17, 15) is 0 Å². The molecule has 0 aromatic carbocycles. The molecule has 0 aliphatic carbocycles. The summed E-state index contributed by atoms with van der Waals surface area (Å²) in [6, 6.07) is 0. The third kappa shape index (κ3) is 922. The van der Waals surface area contributed by atoms with Crippen LogP contribution in [0.4, 0.5) is 0 Å². The van der Waals surface area contributed by atoms with Gasteiger partial charge < -0.3 is 0 Å². The van der Waals surface area contributed by atoms with E-state index in [-0.39, 0.29) is 0 Å². The molecule has 0 unspecified atom stereocenters. The fourth-order valence-corrected chi connectivity index (χ4v) is 0. The third-order valence-electron chi connectivity index (χ3n) is 0. The Morgan fingerprint density at radius 2 is 1.14 bits per heavy atom. The maximum atomic E-state index is 8.74. The van der Waals surface area contributed by atoms with E-state index >= 15 is 0 Å². The van der Waals surface area contributed by atoms with Crippen molar-refractivity contribution in [2.75, 3.05) is 0 Å². The van der Waals surface area contributed by atoms with Crippen LogP contribution in [0.15, 0.2) is 0 Å². The zero-order valence-corrected chi connectivity index (χ0v) is 5.07. The van der Waals surface area contributed by atoms with E-state index in [1.165, 1.54) is 0 Å². The molecular weight excluding hydrogens is 164 g/mol. The van der Waals surface area contributed by atoms with Crippen LogP contribution in [0, 0.1) is 0 Å². The zero-order chi connectivity index (χ0) is 6.50. The molecule has 0 aliphatic heterocycles. The molecule has 5 nitrogen and oxygen atoms in total. The van der Waals surface area contributed by atoms with Crippen LogP contribution < -0.4 is 0 Å². The van der Waals surface area contributed by atoms with Crippen molar-refractivity contribution in [1.29, 1.82) is 0 Å². The van der Waals surface area contributed by atoms with Gasteiger partial charge in [0.2, 0.25) is 0 Å². The van der Waals surface area contributed by atoms with E-state index in [4.69, 9.17) is 21.7 Å². The van der Waals surface area contributed by atoms with Gasteiger partial charge in [-0.3, -0.25) is 9.11 Å². The SMILES string of the molecule is O=S(=O)(O)O.[OH][Cr]. The molecule has 0 aliphatic rings. The molecule has 0 rings (SSSR count). The van der Waals surface area contributed by atoms with E-state index < -0.39 is 10.4 Å². The van der Waals surface area contributed by atoms with E-state index in [0.29, 0.717) is 0 Å². The van der Waals surface area contributed by atoms with Gasteiger partial charge in [-0.25, -0.2) is 0 Å². The molecule has 0 heterocycles. The molecule has 0 spiro atoms. The normalized spacial score (nSPS) is 9.00. The second kappa shape index (κ2) is 4.52. The van der Waals surface area contributed by atoms with Gasteiger partial charge in [0.15, 0.2) is 0 Å². The molecular formula is H3CrO5S. The summed E-state index contributed by atoms with van der Waals surface area (Å²) < 4.78 is 38.5. The van der Waals surface area contributed by atoms with Crippen LogP contribution in [0.25, 0.3) is 0 Å². The minimum atomic E-state index is -4.67. The van der Waals surface area contributed by atoms with Gasteiger partial charge in [-0.1, -0.05) is 0 Å². The maximum absolute atomic E-state index is 8.74. The molecule has 7 heteroatoms. The van der Waals surface area contributed by atoms with Gasteiger partial charge in [-0.05, 0) is 0 Å². The van der Waals surface area contributed by atoms with Crippen LogP contribution in [0.5, 0.6) is 0 Å². The molecule has 0 fully saturated rings. The summed E-state index contributed by atoms with van der Waals surface area (Å²) in [6.45, 7) is 0. The molecule has 0 radical (unpaired) electrons. The zero-order valence-electron chi connectivity index (χ0n) is 2.97. The standard InChI is InChI=1S/Cr.H2O4S.H2O/c;1-5(2,3)4;/h;(H2,1,2,3,4);1H2/q+1;;/p-1. The number of rotatable bonds is 0. The van der Waals surface area contributed by atoms with Crippen molar-refractivity contribution in [2.24, 2.45) is 0 Å². The Morgan fingerprint density at radius 3 is 1.14 bits per heavy atom. The molecule has 0 saturated heterocycles. The molecule has 0 saturated carbocycles. The molecule has 7 heavy (non-hydrogen) atoms. The first-order valence-corrected chi connectivity index (χ1v) is 2.85. The Morgan fingerprint density at radius 1 is 1.14 bits per heavy atom. The Bertz CT molecular complexity index is 91.2. The van der Waals surface area contributed by atoms with Crippen LogP contribution in [0.3, 0.4) is 0 Å². The van der Waals surface area contributed by atoms with E-state index in [2.05, 4.69) is 0 Å². The summed E-state index contributed by atoms with van der Waals surface area (Å²) in [7, 11) is -4.67. The first kappa shape index (κ1) is 10.4. The molecule has 0 amide bonds. The van der Waals surface area contributed by atoms with Crippen molar-refractivity contribution in [1.82, 2.24) is 0 Å². The Kier molecular flexibility index (Phi) is 6.69. The average molecular weight is 167 g/mol. The fraction of sp³-hybridized carbons (Fsp3) is 0. The second-order valence-electron chi connectivity index (χ2n) is 0.448. The summed E-state index contributed by atoms with van der Waals surface area (Å²) in [5, 5.41) is 0. The van der Waals surface area contributed by atoms with Crippen molar-refractivity contribution in [3.63, 3.8) is 0 Å². The van der Waals surface area contributed by atoms with Crippen molar-refractivity contribution in [3.05, 3.63) is 0 Å². The first-order chi connectivity index (χ1) is 3.00.